The van der Waals surface area contributed by atoms with Crippen molar-refractivity contribution in [3.8, 4) is 5.69 Å². The summed E-state index contributed by atoms with van der Waals surface area (Å²) in [6.45, 7) is 6.25. The Morgan fingerprint density at radius 1 is 1.22 bits per heavy atom. The van der Waals surface area contributed by atoms with Crippen molar-refractivity contribution in [3.05, 3.63) is 47.3 Å². The van der Waals surface area contributed by atoms with Crippen LogP contribution in [0.15, 0.2) is 30.3 Å². The molecule has 1 saturated heterocycles. The second-order valence-electron chi connectivity index (χ2n) is 7.19. The summed E-state index contributed by atoms with van der Waals surface area (Å²) in [5.74, 6) is 0.301. The van der Waals surface area contributed by atoms with E-state index in [-0.39, 0.29) is 11.8 Å². The first-order valence-electron chi connectivity index (χ1n) is 9.70. The molecule has 1 aromatic heterocycles. The Balaban J connectivity index is 1.38. The molecule has 144 valence electrons. The summed E-state index contributed by atoms with van der Waals surface area (Å²) in [6, 6.07) is 10.2. The van der Waals surface area contributed by atoms with E-state index < -0.39 is 0 Å². The van der Waals surface area contributed by atoms with Crippen molar-refractivity contribution < 1.29 is 9.59 Å². The van der Waals surface area contributed by atoms with E-state index >= 15 is 0 Å². The quantitative estimate of drug-likeness (QED) is 0.728. The maximum Gasteiger partial charge on any atom is 0.222 e. The predicted octanol–water partition coefficient (Wildman–Crippen LogP) is 2.55. The van der Waals surface area contributed by atoms with E-state index in [2.05, 4.69) is 28.6 Å². The second kappa shape index (κ2) is 8.84. The van der Waals surface area contributed by atoms with Gasteiger partial charge in [-0.2, -0.15) is 5.10 Å². The minimum atomic E-state index is 0.0605. The van der Waals surface area contributed by atoms with Gasteiger partial charge >= 0.3 is 0 Å². The number of hydrogen-bond donors (Lipinski definition) is 1. The summed E-state index contributed by atoms with van der Waals surface area (Å²) >= 11 is 0. The maximum absolute atomic E-state index is 12.0. The van der Waals surface area contributed by atoms with Gasteiger partial charge in [0.1, 0.15) is 0 Å². The van der Waals surface area contributed by atoms with Gasteiger partial charge in [-0.05, 0) is 56.9 Å². The monoisotopic (exact) mass is 368 g/mol. The van der Waals surface area contributed by atoms with Gasteiger partial charge in [0.15, 0.2) is 0 Å². The number of nitrogens with zero attached hydrogens (tertiary/aromatic N) is 3. The molecular weight excluding hydrogens is 340 g/mol. The van der Waals surface area contributed by atoms with Crippen molar-refractivity contribution in [1.29, 1.82) is 0 Å². The first-order valence-corrected chi connectivity index (χ1v) is 9.70. The zero-order valence-corrected chi connectivity index (χ0v) is 16.2. The lowest BCUT2D eigenvalue weighted by Crippen LogP contribution is -2.30. The molecule has 27 heavy (non-hydrogen) atoms. The standard InChI is InChI=1S/C21H28N4O2/c1-16-15-17(2)25(23-16)19-9-6-18(7-10-19)8-11-20(26)22-12-4-14-24-13-3-5-21(24)27/h6-7,9-10,15H,3-5,8,11-14H2,1-2H3,(H,22,26). The van der Waals surface area contributed by atoms with Gasteiger partial charge in [0, 0.05) is 38.2 Å². The van der Waals surface area contributed by atoms with Crippen LogP contribution < -0.4 is 5.32 Å². The van der Waals surface area contributed by atoms with Crippen LogP contribution in [0.2, 0.25) is 0 Å². The van der Waals surface area contributed by atoms with Gasteiger partial charge < -0.3 is 10.2 Å². The summed E-state index contributed by atoms with van der Waals surface area (Å²) in [5, 5.41) is 7.44. The number of carbonyl (C=O) groups excluding carboxylic acids is 2. The number of aromatic nitrogens is 2. The molecule has 1 aromatic carbocycles. The highest BCUT2D eigenvalue weighted by Crippen LogP contribution is 2.14. The van der Waals surface area contributed by atoms with E-state index in [0.717, 1.165) is 48.6 Å². The van der Waals surface area contributed by atoms with E-state index in [1.165, 1.54) is 0 Å². The van der Waals surface area contributed by atoms with Crippen LogP contribution in [0.25, 0.3) is 5.69 Å². The van der Waals surface area contributed by atoms with Gasteiger partial charge in [-0.3, -0.25) is 9.59 Å². The minimum Gasteiger partial charge on any atom is -0.356 e. The van der Waals surface area contributed by atoms with Gasteiger partial charge in [0.2, 0.25) is 11.8 Å². The van der Waals surface area contributed by atoms with E-state index in [1.54, 1.807) is 0 Å². The van der Waals surface area contributed by atoms with Crippen LogP contribution in [-0.4, -0.2) is 46.1 Å². The van der Waals surface area contributed by atoms with Crippen LogP contribution in [0.3, 0.4) is 0 Å². The topological polar surface area (TPSA) is 67.2 Å². The molecule has 0 spiro atoms. The van der Waals surface area contributed by atoms with E-state index in [9.17, 15) is 9.59 Å². The largest absolute Gasteiger partial charge is 0.356 e. The number of amides is 2. The Morgan fingerprint density at radius 3 is 2.63 bits per heavy atom. The van der Waals surface area contributed by atoms with Crippen molar-refractivity contribution in [2.75, 3.05) is 19.6 Å². The highest BCUT2D eigenvalue weighted by molar-refractivity contribution is 5.78. The van der Waals surface area contributed by atoms with Crippen LogP contribution in [0.5, 0.6) is 0 Å². The summed E-state index contributed by atoms with van der Waals surface area (Å²) in [7, 11) is 0. The number of nitrogens with one attached hydrogen (secondary N) is 1. The first-order chi connectivity index (χ1) is 13.0. The van der Waals surface area contributed by atoms with Crippen LogP contribution in [0.1, 0.15) is 42.6 Å². The Bertz CT molecular complexity index is 795. The van der Waals surface area contributed by atoms with Crippen LogP contribution in [0, 0.1) is 13.8 Å². The van der Waals surface area contributed by atoms with E-state index in [1.807, 2.05) is 35.6 Å². The smallest absolute Gasteiger partial charge is 0.222 e. The fourth-order valence-corrected chi connectivity index (χ4v) is 3.48. The summed E-state index contributed by atoms with van der Waals surface area (Å²) in [5.41, 5.74) is 4.28. The lowest BCUT2D eigenvalue weighted by molar-refractivity contribution is -0.127. The number of rotatable bonds is 8. The van der Waals surface area contributed by atoms with Crippen molar-refractivity contribution in [2.24, 2.45) is 0 Å². The zero-order valence-electron chi connectivity index (χ0n) is 16.2. The summed E-state index contributed by atoms with van der Waals surface area (Å²) in [4.78, 5) is 25.4. The normalized spacial score (nSPS) is 14.0. The second-order valence-corrected chi connectivity index (χ2v) is 7.19. The molecule has 0 unspecified atom stereocenters. The third kappa shape index (κ3) is 5.18. The molecule has 0 radical (unpaired) electrons. The Kier molecular flexibility index (Phi) is 6.27. The average Bonchev–Trinajstić information content (AvgIpc) is 3.22. The Morgan fingerprint density at radius 2 is 2.00 bits per heavy atom. The van der Waals surface area contributed by atoms with Crippen LogP contribution in [0.4, 0.5) is 0 Å². The molecule has 1 N–H and O–H groups in total. The molecule has 0 atom stereocenters. The molecule has 2 heterocycles. The fraction of sp³-hybridized carbons (Fsp3) is 0.476. The van der Waals surface area contributed by atoms with Gasteiger partial charge in [0.05, 0.1) is 11.4 Å². The maximum atomic E-state index is 12.0. The molecule has 2 amide bonds. The molecule has 6 heteroatoms. The van der Waals surface area contributed by atoms with Crippen molar-refractivity contribution in [2.45, 2.75) is 46.0 Å². The first kappa shape index (κ1) is 19.1. The fourth-order valence-electron chi connectivity index (χ4n) is 3.48. The highest BCUT2D eigenvalue weighted by Gasteiger charge is 2.18. The van der Waals surface area contributed by atoms with Crippen LogP contribution >= 0.6 is 0 Å². The predicted molar refractivity (Wildman–Crippen MR) is 105 cm³/mol. The lowest BCUT2D eigenvalue weighted by Gasteiger charge is -2.15. The van der Waals surface area contributed by atoms with Gasteiger partial charge in [-0.15, -0.1) is 0 Å². The SMILES string of the molecule is Cc1cc(C)n(-c2ccc(CCC(=O)NCCCN3CCCC3=O)cc2)n1. The summed E-state index contributed by atoms with van der Waals surface area (Å²) in [6.07, 6.45) is 3.64. The van der Waals surface area contributed by atoms with E-state index in [0.29, 0.717) is 25.8 Å². The molecule has 1 fully saturated rings. The molecule has 6 nitrogen and oxygen atoms in total. The number of hydrogen-bond acceptors (Lipinski definition) is 3. The molecule has 3 rings (SSSR count). The molecule has 0 aliphatic carbocycles. The molecule has 0 bridgehead atoms. The summed E-state index contributed by atoms with van der Waals surface area (Å²) < 4.78 is 1.93. The third-order valence-electron chi connectivity index (χ3n) is 4.93. The van der Waals surface area contributed by atoms with Crippen molar-refractivity contribution in [3.63, 3.8) is 0 Å². The molecule has 1 aliphatic heterocycles. The number of aryl methyl sites for hydroxylation is 3. The minimum absolute atomic E-state index is 0.0605. The molecule has 2 aromatic rings. The van der Waals surface area contributed by atoms with Gasteiger partial charge in [-0.25, -0.2) is 4.68 Å². The molecule has 1 aliphatic rings. The Labute approximate surface area is 160 Å². The van der Waals surface area contributed by atoms with Gasteiger partial charge in [-0.1, -0.05) is 12.1 Å². The average molecular weight is 368 g/mol. The van der Waals surface area contributed by atoms with Crippen molar-refractivity contribution in [1.82, 2.24) is 20.0 Å². The molecular formula is C21H28N4O2. The highest BCUT2D eigenvalue weighted by atomic mass is 16.2. The number of carbonyl (C=O) groups is 2. The number of likely N-dealkylation sites (tertiary alicyclic amines) is 1. The number of benzene rings is 1. The van der Waals surface area contributed by atoms with E-state index in [4.69, 9.17) is 0 Å². The zero-order chi connectivity index (χ0) is 19.2. The lowest BCUT2D eigenvalue weighted by atomic mass is 10.1. The Hall–Kier alpha value is -2.63. The van der Waals surface area contributed by atoms with Crippen LogP contribution in [-0.2, 0) is 16.0 Å². The molecule has 0 saturated carbocycles. The van der Waals surface area contributed by atoms with Crippen molar-refractivity contribution >= 4 is 11.8 Å². The van der Waals surface area contributed by atoms with Gasteiger partial charge in [0.25, 0.3) is 0 Å². The third-order valence-corrected chi connectivity index (χ3v) is 4.93.